The zero-order valence-corrected chi connectivity index (χ0v) is 19.3. The van der Waals surface area contributed by atoms with Crippen molar-refractivity contribution in [3.05, 3.63) is 51.3 Å². The van der Waals surface area contributed by atoms with Crippen molar-refractivity contribution in [3.8, 4) is 11.3 Å². The molecular formula is C22H24N4O3S2. The standard InChI is InChI=1S/C22H24N4O3S2/c1-12-13(2)26(10-15-6-4-8-28-15)22(23-12)31-14(3)19-24-20(27)18-16(11-30-21(18)25-19)17-7-5-9-29-17/h5,7,9,11,14-15H,4,6,8,10H2,1-3H3,(H,24,25,27)/t14-,15-/m0/s1. The van der Waals surface area contributed by atoms with E-state index in [1.165, 1.54) is 11.3 Å². The largest absolute Gasteiger partial charge is 0.464 e. The molecule has 5 rings (SSSR count). The van der Waals surface area contributed by atoms with Crippen molar-refractivity contribution in [1.82, 2.24) is 19.5 Å². The van der Waals surface area contributed by atoms with E-state index in [0.717, 1.165) is 48.1 Å². The van der Waals surface area contributed by atoms with Gasteiger partial charge in [-0.3, -0.25) is 4.79 Å². The van der Waals surface area contributed by atoms with Crippen LogP contribution in [0.3, 0.4) is 0 Å². The molecule has 0 bridgehead atoms. The summed E-state index contributed by atoms with van der Waals surface area (Å²) in [5.41, 5.74) is 2.81. The van der Waals surface area contributed by atoms with Crippen LogP contribution in [0.5, 0.6) is 0 Å². The Morgan fingerprint density at radius 3 is 3.00 bits per heavy atom. The van der Waals surface area contributed by atoms with Gasteiger partial charge in [0.1, 0.15) is 16.4 Å². The van der Waals surface area contributed by atoms with E-state index in [4.69, 9.17) is 19.1 Å². The number of furan rings is 1. The predicted molar refractivity (Wildman–Crippen MR) is 123 cm³/mol. The lowest BCUT2D eigenvalue weighted by atomic mass is 10.2. The number of aryl methyl sites for hydroxylation is 1. The highest BCUT2D eigenvalue weighted by molar-refractivity contribution is 7.99. The molecule has 31 heavy (non-hydrogen) atoms. The first-order valence-corrected chi connectivity index (χ1v) is 12.1. The van der Waals surface area contributed by atoms with Crippen molar-refractivity contribution < 1.29 is 9.15 Å². The Labute approximate surface area is 187 Å². The minimum absolute atomic E-state index is 0.0595. The van der Waals surface area contributed by atoms with Gasteiger partial charge in [0.05, 0.1) is 35.2 Å². The number of rotatable bonds is 6. The van der Waals surface area contributed by atoms with E-state index in [-0.39, 0.29) is 16.9 Å². The van der Waals surface area contributed by atoms with Gasteiger partial charge in [0.25, 0.3) is 5.56 Å². The Balaban J connectivity index is 1.44. The highest BCUT2D eigenvalue weighted by atomic mass is 32.2. The van der Waals surface area contributed by atoms with Crippen LogP contribution in [0.4, 0.5) is 0 Å². The van der Waals surface area contributed by atoms with Crippen molar-refractivity contribution >= 4 is 33.3 Å². The summed E-state index contributed by atoms with van der Waals surface area (Å²) in [7, 11) is 0. The first kappa shape index (κ1) is 20.5. The molecule has 0 aliphatic carbocycles. The molecule has 1 aliphatic rings. The lowest BCUT2D eigenvalue weighted by molar-refractivity contribution is 0.0944. The molecule has 5 heterocycles. The van der Waals surface area contributed by atoms with Gasteiger partial charge < -0.3 is 18.7 Å². The van der Waals surface area contributed by atoms with Crippen molar-refractivity contribution in [2.45, 2.75) is 56.7 Å². The van der Waals surface area contributed by atoms with Gasteiger partial charge in [-0.15, -0.1) is 11.3 Å². The van der Waals surface area contributed by atoms with Crippen LogP contribution < -0.4 is 5.56 Å². The Bertz CT molecular complexity index is 1270. The number of aromatic nitrogens is 4. The summed E-state index contributed by atoms with van der Waals surface area (Å²) >= 11 is 3.07. The van der Waals surface area contributed by atoms with Gasteiger partial charge in [-0.05, 0) is 45.7 Å². The molecule has 0 amide bonds. The van der Waals surface area contributed by atoms with E-state index in [2.05, 4.69) is 16.5 Å². The Kier molecular flexibility index (Phi) is 5.49. The summed E-state index contributed by atoms with van der Waals surface area (Å²) in [5.74, 6) is 1.33. The monoisotopic (exact) mass is 456 g/mol. The highest BCUT2D eigenvalue weighted by Crippen LogP contribution is 2.36. The maximum atomic E-state index is 12.9. The number of thioether (sulfide) groups is 1. The lowest BCUT2D eigenvalue weighted by Crippen LogP contribution is -2.17. The number of hydrogen-bond acceptors (Lipinski definition) is 7. The molecule has 162 valence electrons. The minimum atomic E-state index is -0.143. The summed E-state index contributed by atoms with van der Waals surface area (Å²) < 4.78 is 13.6. The Morgan fingerprint density at radius 1 is 1.39 bits per heavy atom. The minimum Gasteiger partial charge on any atom is -0.464 e. The van der Waals surface area contributed by atoms with E-state index in [9.17, 15) is 4.79 Å². The van der Waals surface area contributed by atoms with E-state index in [1.807, 2.05) is 31.4 Å². The van der Waals surface area contributed by atoms with Gasteiger partial charge in [0, 0.05) is 23.2 Å². The molecule has 4 aromatic rings. The maximum Gasteiger partial charge on any atom is 0.260 e. The van der Waals surface area contributed by atoms with Gasteiger partial charge in [-0.2, -0.15) is 0 Å². The van der Waals surface area contributed by atoms with Gasteiger partial charge in [0.15, 0.2) is 5.16 Å². The molecule has 7 nitrogen and oxygen atoms in total. The first-order valence-electron chi connectivity index (χ1n) is 10.4. The molecular weight excluding hydrogens is 432 g/mol. The Morgan fingerprint density at radius 2 is 2.26 bits per heavy atom. The lowest BCUT2D eigenvalue weighted by Gasteiger charge is -2.16. The topological polar surface area (TPSA) is 85.9 Å². The van der Waals surface area contributed by atoms with E-state index < -0.39 is 0 Å². The van der Waals surface area contributed by atoms with Gasteiger partial charge in [0.2, 0.25) is 0 Å². The molecule has 1 saturated heterocycles. The normalized spacial score (nSPS) is 17.6. The predicted octanol–water partition coefficient (Wildman–Crippen LogP) is 5.09. The molecule has 1 N–H and O–H groups in total. The molecule has 0 radical (unpaired) electrons. The summed E-state index contributed by atoms with van der Waals surface area (Å²) in [5, 5.41) is 3.38. The van der Waals surface area contributed by atoms with Crippen LogP contribution in [0.15, 0.2) is 38.1 Å². The first-order chi connectivity index (χ1) is 15.0. The number of hydrogen-bond donors (Lipinski definition) is 1. The van der Waals surface area contributed by atoms with Crippen LogP contribution >= 0.6 is 23.1 Å². The van der Waals surface area contributed by atoms with Gasteiger partial charge in [-0.1, -0.05) is 11.8 Å². The third-order valence-corrected chi connectivity index (χ3v) is 7.72. The zero-order valence-electron chi connectivity index (χ0n) is 17.7. The summed E-state index contributed by atoms with van der Waals surface area (Å²) in [6.45, 7) is 7.82. The number of nitrogens with zero attached hydrogens (tertiary/aromatic N) is 3. The van der Waals surface area contributed by atoms with Gasteiger partial charge in [-0.25, -0.2) is 9.97 Å². The number of H-pyrrole nitrogens is 1. The average molecular weight is 457 g/mol. The van der Waals surface area contributed by atoms with Crippen molar-refractivity contribution in [3.63, 3.8) is 0 Å². The molecule has 2 atom stereocenters. The molecule has 9 heteroatoms. The average Bonchev–Trinajstić information content (AvgIpc) is 3.54. The number of imidazole rings is 1. The van der Waals surface area contributed by atoms with Gasteiger partial charge >= 0.3 is 0 Å². The molecule has 0 saturated carbocycles. The second-order valence-electron chi connectivity index (χ2n) is 7.83. The SMILES string of the molecule is Cc1nc(S[C@@H](C)c2nc3scc(-c4ccco4)c3c(=O)[nH]2)n(C[C@@H]2CCCO2)c1C. The fourth-order valence-corrected chi connectivity index (χ4v) is 5.91. The number of aromatic amines is 1. The van der Waals surface area contributed by atoms with E-state index in [0.29, 0.717) is 21.8 Å². The molecule has 1 aliphatic heterocycles. The van der Waals surface area contributed by atoms with Crippen LogP contribution in [-0.4, -0.2) is 32.2 Å². The molecule has 0 unspecified atom stereocenters. The summed E-state index contributed by atoms with van der Waals surface area (Å²) in [6.07, 6.45) is 4.04. The van der Waals surface area contributed by atoms with Crippen LogP contribution in [-0.2, 0) is 11.3 Å². The fourth-order valence-electron chi connectivity index (χ4n) is 3.91. The van der Waals surface area contributed by atoms with Crippen LogP contribution in [0, 0.1) is 13.8 Å². The van der Waals surface area contributed by atoms with E-state index >= 15 is 0 Å². The molecule has 4 aromatic heterocycles. The quantitative estimate of drug-likeness (QED) is 0.407. The number of fused-ring (bicyclic) bond motifs is 1. The van der Waals surface area contributed by atoms with E-state index in [1.54, 1.807) is 18.0 Å². The number of ether oxygens (including phenoxy) is 1. The summed E-state index contributed by atoms with van der Waals surface area (Å²) in [4.78, 5) is 26.2. The second-order valence-corrected chi connectivity index (χ2v) is 9.99. The second kappa shape index (κ2) is 8.29. The van der Waals surface area contributed by atoms with Crippen molar-refractivity contribution in [2.75, 3.05) is 6.61 Å². The number of nitrogens with one attached hydrogen (secondary N) is 1. The van der Waals surface area contributed by atoms with Crippen LogP contribution in [0.25, 0.3) is 21.5 Å². The van der Waals surface area contributed by atoms with Crippen LogP contribution in [0.2, 0.25) is 0 Å². The maximum absolute atomic E-state index is 12.9. The zero-order chi connectivity index (χ0) is 21.5. The van der Waals surface area contributed by atoms with Crippen molar-refractivity contribution in [1.29, 1.82) is 0 Å². The third-order valence-electron chi connectivity index (χ3n) is 5.75. The molecule has 0 aromatic carbocycles. The van der Waals surface area contributed by atoms with Crippen molar-refractivity contribution in [2.24, 2.45) is 0 Å². The fraction of sp³-hybridized carbons (Fsp3) is 0.409. The smallest absolute Gasteiger partial charge is 0.260 e. The number of thiophene rings is 1. The van der Waals surface area contributed by atoms with Crippen LogP contribution in [0.1, 0.15) is 42.2 Å². The third kappa shape index (κ3) is 3.86. The highest BCUT2D eigenvalue weighted by Gasteiger charge is 2.23. The summed E-state index contributed by atoms with van der Waals surface area (Å²) in [6, 6.07) is 3.67. The Hall–Kier alpha value is -2.36. The molecule has 1 fully saturated rings. The molecule has 0 spiro atoms.